The number of carbonyl (C=O) groups excluding carboxylic acids is 1. The Balaban J connectivity index is 0.00000405. The number of nitrogens with zero attached hydrogens (tertiary/aromatic N) is 3. The summed E-state index contributed by atoms with van der Waals surface area (Å²) in [5, 5.41) is 2.66. The molecule has 4 aromatic rings. The van der Waals surface area contributed by atoms with Crippen molar-refractivity contribution in [3.05, 3.63) is 94.7 Å². The zero-order chi connectivity index (χ0) is 29.3. The summed E-state index contributed by atoms with van der Waals surface area (Å²) in [6.45, 7) is 2.37. The van der Waals surface area contributed by atoms with Crippen molar-refractivity contribution in [2.45, 2.75) is 45.0 Å². The molecule has 1 aliphatic rings. The van der Waals surface area contributed by atoms with Gasteiger partial charge >= 0.3 is 6.36 Å². The van der Waals surface area contributed by atoms with E-state index in [0.29, 0.717) is 38.0 Å². The van der Waals surface area contributed by atoms with Crippen LogP contribution in [0.5, 0.6) is 5.75 Å². The summed E-state index contributed by atoms with van der Waals surface area (Å²) in [5.41, 5.74) is 1.87. The van der Waals surface area contributed by atoms with Crippen LogP contribution in [0, 0.1) is 17.5 Å². The fourth-order valence-electron chi connectivity index (χ4n) is 5.22. The van der Waals surface area contributed by atoms with Crippen molar-refractivity contribution in [1.29, 1.82) is 0 Å². The van der Waals surface area contributed by atoms with Gasteiger partial charge in [-0.1, -0.05) is 19.1 Å². The number of nitrogens with one attached hydrogen (secondary N) is 1. The maximum absolute atomic E-state index is 15.1. The van der Waals surface area contributed by atoms with E-state index in [9.17, 15) is 22.4 Å². The van der Waals surface area contributed by atoms with Gasteiger partial charge in [0.15, 0.2) is 0 Å². The summed E-state index contributed by atoms with van der Waals surface area (Å²) in [5.74, 6) is -2.80. The molecule has 1 amide bonds. The molecule has 0 aliphatic carbocycles. The van der Waals surface area contributed by atoms with Crippen LogP contribution in [0.4, 0.5) is 32.0 Å². The number of aryl methyl sites for hydroxylation is 1. The van der Waals surface area contributed by atoms with Gasteiger partial charge in [-0.15, -0.1) is 25.6 Å². The van der Waals surface area contributed by atoms with Crippen LogP contribution in [0.2, 0.25) is 0 Å². The number of halogens is 7. The summed E-state index contributed by atoms with van der Waals surface area (Å²) in [6.07, 6.45) is -1.82. The molecule has 1 N–H and O–H groups in total. The van der Waals surface area contributed by atoms with E-state index in [2.05, 4.69) is 15.0 Å². The fraction of sp³-hybridized carbons (Fsp3) is 0.310. The van der Waals surface area contributed by atoms with Crippen LogP contribution in [-0.4, -0.2) is 34.7 Å². The first-order valence-corrected chi connectivity index (χ1v) is 13.1. The molecule has 13 heteroatoms. The minimum absolute atomic E-state index is 0. The van der Waals surface area contributed by atoms with E-state index < -0.39 is 29.7 Å². The van der Waals surface area contributed by atoms with Crippen molar-refractivity contribution in [3.8, 4) is 5.75 Å². The predicted molar refractivity (Wildman–Crippen MR) is 147 cm³/mol. The van der Waals surface area contributed by atoms with Gasteiger partial charge in [0.2, 0.25) is 0 Å². The number of amides is 1. The molecular weight excluding hydrogens is 586 g/mol. The minimum atomic E-state index is -4.77. The molecule has 0 spiro atoms. The Hall–Kier alpha value is -3.93. The molecular formula is C29H27ClF6N4O2. The predicted octanol–water partition coefficient (Wildman–Crippen LogP) is 6.95. The number of hydrogen-bond donors (Lipinski definition) is 1. The molecule has 3 heterocycles. The first kappa shape index (κ1) is 31.0. The first-order chi connectivity index (χ1) is 19.5. The molecule has 6 nitrogen and oxygen atoms in total. The summed E-state index contributed by atoms with van der Waals surface area (Å²) in [7, 11) is 0. The van der Waals surface area contributed by atoms with Crippen molar-refractivity contribution < 1.29 is 35.9 Å². The molecule has 2 aromatic heterocycles. The van der Waals surface area contributed by atoms with Gasteiger partial charge in [-0.2, -0.15) is 0 Å². The summed E-state index contributed by atoms with van der Waals surface area (Å²) in [4.78, 5) is 18.8. The van der Waals surface area contributed by atoms with Crippen LogP contribution in [0.25, 0.3) is 5.65 Å². The first-order valence-electron chi connectivity index (χ1n) is 13.1. The minimum Gasteiger partial charge on any atom is -0.406 e. The van der Waals surface area contributed by atoms with Crippen molar-refractivity contribution in [3.63, 3.8) is 0 Å². The lowest BCUT2D eigenvalue weighted by Gasteiger charge is -2.34. The number of carbonyl (C=O) groups is 1. The molecule has 0 unspecified atom stereocenters. The van der Waals surface area contributed by atoms with E-state index in [-0.39, 0.29) is 53.2 Å². The Labute approximate surface area is 243 Å². The van der Waals surface area contributed by atoms with E-state index >= 15 is 8.78 Å². The molecule has 224 valence electrons. The maximum Gasteiger partial charge on any atom is 0.573 e. The largest absolute Gasteiger partial charge is 0.573 e. The molecule has 5 rings (SSSR count). The molecule has 1 saturated heterocycles. The smallest absolute Gasteiger partial charge is 0.406 e. The zero-order valence-electron chi connectivity index (χ0n) is 22.4. The second kappa shape index (κ2) is 12.5. The second-order valence-corrected chi connectivity index (χ2v) is 9.80. The third-order valence-electron chi connectivity index (χ3n) is 7.14. The quantitative estimate of drug-likeness (QED) is 0.230. The number of anilines is 1. The Bertz CT molecular complexity index is 1540. The fourth-order valence-corrected chi connectivity index (χ4v) is 5.22. The van der Waals surface area contributed by atoms with Crippen molar-refractivity contribution in [2.24, 2.45) is 0 Å². The van der Waals surface area contributed by atoms with Crippen molar-refractivity contribution in [1.82, 2.24) is 14.7 Å². The number of ether oxygens (including phenoxy) is 1. The maximum atomic E-state index is 15.1. The van der Waals surface area contributed by atoms with E-state index in [1.165, 1.54) is 47.0 Å². The van der Waals surface area contributed by atoms with Gasteiger partial charge in [0.1, 0.15) is 40.2 Å². The number of benzene rings is 2. The standard InChI is InChI=1S/C29H26F6N4O2.ClH/c1-2-24-27(39-12-9-20(30)15-25(39)37-24)28(40)36-16-17-13-22(31)26(23(32)14-17)38-10-7-19(8-11-38)18-3-5-21(6-4-18)41-29(33,34)35;/h3-6,9,12-15,19H,2,7-8,10-11,16H2,1H3,(H,36,40);1H. The third kappa shape index (κ3) is 6.75. The lowest BCUT2D eigenvalue weighted by Crippen LogP contribution is -2.34. The molecule has 0 bridgehead atoms. The highest BCUT2D eigenvalue weighted by Crippen LogP contribution is 2.34. The Morgan fingerprint density at radius 1 is 1.02 bits per heavy atom. The molecule has 2 aromatic carbocycles. The van der Waals surface area contributed by atoms with Gasteiger partial charge in [0.05, 0.1) is 5.69 Å². The number of imidazole rings is 1. The highest BCUT2D eigenvalue weighted by atomic mass is 35.5. The number of piperidine rings is 1. The van der Waals surface area contributed by atoms with Crippen LogP contribution in [0.3, 0.4) is 0 Å². The van der Waals surface area contributed by atoms with Gasteiger partial charge < -0.3 is 15.0 Å². The number of aromatic nitrogens is 2. The van der Waals surface area contributed by atoms with E-state index in [0.717, 1.165) is 5.56 Å². The van der Waals surface area contributed by atoms with Gasteiger partial charge in [-0.3, -0.25) is 9.20 Å². The highest BCUT2D eigenvalue weighted by molar-refractivity contribution is 5.94. The average Bonchev–Trinajstić information content (AvgIpc) is 3.29. The lowest BCUT2D eigenvalue weighted by molar-refractivity contribution is -0.274. The number of hydrogen-bond acceptors (Lipinski definition) is 4. The number of alkyl halides is 3. The van der Waals surface area contributed by atoms with Crippen LogP contribution in [0.15, 0.2) is 54.7 Å². The van der Waals surface area contributed by atoms with Crippen molar-refractivity contribution in [2.75, 3.05) is 18.0 Å². The van der Waals surface area contributed by atoms with Crippen LogP contribution < -0.4 is 15.0 Å². The Morgan fingerprint density at radius 3 is 2.26 bits per heavy atom. The van der Waals surface area contributed by atoms with Crippen LogP contribution in [0.1, 0.15) is 53.0 Å². The van der Waals surface area contributed by atoms with Gasteiger partial charge in [-0.05, 0) is 66.6 Å². The molecule has 42 heavy (non-hydrogen) atoms. The van der Waals surface area contributed by atoms with Gasteiger partial charge in [0, 0.05) is 31.9 Å². The van der Waals surface area contributed by atoms with Crippen LogP contribution in [-0.2, 0) is 13.0 Å². The monoisotopic (exact) mass is 612 g/mol. The van der Waals surface area contributed by atoms with E-state index in [4.69, 9.17) is 0 Å². The number of pyridine rings is 1. The third-order valence-corrected chi connectivity index (χ3v) is 7.14. The molecule has 0 radical (unpaired) electrons. The topological polar surface area (TPSA) is 58.9 Å². The molecule has 0 atom stereocenters. The SMILES string of the molecule is CCc1nc2cc(F)ccn2c1C(=O)NCc1cc(F)c(N2CCC(c3ccc(OC(F)(F)F)cc3)CC2)c(F)c1.Cl. The lowest BCUT2D eigenvalue weighted by atomic mass is 9.89. The normalized spacial score (nSPS) is 14.1. The number of fused-ring (bicyclic) bond motifs is 1. The second-order valence-electron chi connectivity index (χ2n) is 9.80. The molecule has 0 saturated carbocycles. The highest BCUT2D eigenvalue weighted by Gasteiger charge is 2.31. The van der Waals surface area contributed by atoms with Crippen LogP contribution >= 0.6 is 12.4 Å². The average molecular weight is 613 g/mol. The Morgan fingerprint density at radius 2 is 1.67 bits per heavy atom. The van der Waals surface area contributed by atoms with Gasteiger partial charge in [0.25, 0.3) is 5.91 Å². The van der Waals surface area contributed by atoms with E-state index in [1.54, 1.807) is 17.0 Å². The van der Waals surface area contributed by atoms with Crippen molar-refractivity contribution >= 4 is 29.6 Å². The summed E-state index contributed by atoms with van der Waals surface area (Å²) < 4.78 is 86.4. The zero-order valence-corrected chi connectivity index (χ0v) is 23.2. The van der Waals surface area contributed by atoms with E-state index in [1.807, 2.05) is 6.92 Å². The Kier molecular flexibility index (Phi) is 9.24. The molecule has 1 fully saturated rings. The van der Waals surface area contributed by atoms with Gasteiger partial charge in [-0.25, -0.2) is 18.2 Å². The molecule has 1 aliphatic heterocycles. The summed E-state index contributed by atoms with van der Waals surface area (Å²) >= 11 is 0. The summed E-state index contributed by atoms with van der Waals surface area (Å²) in [6, 6.07) is 10.4. The number of rotatable bonds is 7.